The summed E-state index contributed by atoms with van der Waals surface area (Å²) in [7, 11) is 1.36. The van der Waals surface area contributed by atoms with Crippen LogP contribution in [-0.2, 0) is 11.2 Å². The van der Waals surface area contributed by atoms with Crippen LogP contribution in [0, 0.1) is 0 Å². The molecule has 1 aliphatic heterocycles. The predicted octanol–water partition coefficient (Wildman–Crippen LogP) is 5.00. The largest absolute Gasteiger partial charge is 0.485 e. The lowest BCUT2D eigenvalue weighted by Crippen LogP contribution is -2.48. The molecule has 0 saturated carbocycles. The van der Waals surface area contributed by atoms with E-state index in [0.29, 0.717) is 12.0 Å². The lowest BCUT2D eigenvalue weighted by Gasteiger charge is -2.40. The van der Waals surface area contributed by atoms with Gasteiger partial charge in [0.1, 0.15) is 11.4 Å². The lowest BCUT2D eigenvalue weighted by atomic mass is 9.85. The highest BCUT2D eigenvalue weighted by Crippen LogP contribution is 2.36. The van der Waals surface area contributed by atoms with Crippen molar-refractivity contribution in [2.45, 2.75) is 71.5 Å². The molecule has 2 atom stereocenters. The minimum atomic E-state index is -0.629. The Morgan fingerprint density at radius 1 is 1.30 bits per heavy atom. The SMILES string of the molecule is COC(=O)c1ccc2c(c1)C[C@@H](O)[C@@](C)(CC/C=C(\C)CCC=C(C)C)O2. The van der Waals surface area contributed by atoms with E-state index in [-0.39, 0.29) is 5.97 Å². The Morgan fingerprint density at radius 2 is 2.04 bits per heavy atom. The molecule has 0 spiro atoms. The number of allylic oxidation sites excluding steroid dienone is 4. The molecule has 0 saturated heterocycles. The second kappa shape index (κ2) is 9.23. The first kappa shape index (κ1) is 21.2. The molecule has 0 bridgehead atoms. The summed E-state index contributed by atoms with van der Waals surface area (Å²) in [6.45, 7) is 8.35. The lowest BCUT2D eigenvalue weighted by molar-refractivity contribution is -0.0587. The van der Waals surface area contributed by atoms with E-state index < -0.39 is 11.7 Å². The molecule has 1 aromatic rings. The van der Waals surface area contributed by atoms with Gasteiger partial charge in [0.25, 0.3) is 0 Å². The quantitative estimate of drug-likeness (QED) is 0.540. The highest BCUT2D eigenvalue weighted by Gasteiger charge is 2.39. The molecular formula is C23H32O4. The maximum Gasteiger partial charge on any atom is 0.337 e. The first-order valence-corrected chi connectivity index (χ1v) is 9.62. The van der Waals surface area contributed by atoms with E-state index in [0.717, 1.165) is 37.0 Å². The van der Waals surface area contributed by atoms with Gasteiger partial charge in [-0.15, -0.1) is 0 Å². The highest BCUT2D eigenvalue weighted by atomic mass is 16.5. The molecule has 27 heavy (non-hydrogen) atoms. The van der Waals surface area contributed by atoms with E-state index >= 15 is 0 Å². The van der Waals surface area contributed by atoms with Crippen molar-refractivity contribution in [2.24, 2.45) is 0 Å². The number of hydrogen-bond acceptors (Lipinski definition) is 4. The van der Waals surface area contributed by atoms with E-state index in [4.69, 9.17) is 9.47 Å². The Bertz CT molecular complexity index is 728. The highest BCUT2D eigenvalue weighted by molar-refractivity contribution is 5.89. The van der Waals surface area contributed by atoms with Gasteiger partial charge in [-0.2, -0.15) is 0 Å². The number of aliphatic hydroxyl groups excluding tert-OH is 1. The van der Waals surface area contributed by atoms with Crippen LogP contribution in [0.15, 0.2) is 41.5 Å². The van der Waals surface area contributed by atoms with Gasteiger partial charge in [0.05, 0.1) is 18.8 Å². The van der Waals surface area contributed by atoms with Gasteiger partial charge in [-0.05, 0) is 77.1 Å². The van der Waals surface area contributed by atoms with Crippen molar-refractivity contribution < 1.29 is 19.4 Å². The van der Waals surface area contributed by atoms with E-state index in [9.17, 15) is 9.90 Å². The Balaban J connectivity index is 2.00. The van der Waals surface area contributed by atoms with Crippen LogP contribution in [-0.4, -0.2) is 29.9 Å². The van der Waals surface area contributed by atoms with Crippen LogP contribution in [0.4, 0.5) is 0 Å². The average molecular weight is 373 g/mol. The summed E-state index contributed by atoms with van der Waals surface area (Å²) in [5, 5.41) is 10.7. The Labute approximate surface area is 162 Å². The van der Waals surface area contributed by atoms with Gasteiger partial charge in [-0.3, -0.25) is 0 Å². The van der Waals surface area contributed by atoms with Gasteiger partial charge in [0.15, 0.2) is 0 Å². The molecule has 1 aliphatic rings. The van der Waals surface area contributed by atoms with Gasteiger partial charge < -0.3 is 14.6 Å². The number of rotatable bonds is 7. The number of fused-ring (bicyclic) bond motifs is 1. The molecule has 1 N–H and O–H groups in total. The molecular weight excluding hydrogens is 340 g/mol. The first-order valence-electron chi connectivity index (χ1n) is 9.62. The molecule has 4 heteroatoms. The molecule has 1 aromatic carbocycles. The molecule has 4 nitrogen and oxygen atoms in total. The van der Waals surface area contributed by atoms with Crippen LogP contribution in [0.1, 0.15) is 69.3 Å². The normalized spacial score (nSPS) is 21.9. The van der Waals surface area contributed by atoms with Crippen molar-refractivity contribution in [3.8, 4) is 5.75 Å². The molecule has 0 radical (unpaired) electrons. The van der Waals surface area contributed by atoms with Gasteiger partial charge in [0.2, 0.25) is 0 Å². The minimum Gasteiger partial charge on any atom is -0.485 e. The van der Waals surface area contributed by atoms with Crippen molar-refractivity contribution in [3.05, 3.63) is 52.6 Å². The monoisotopic (exact) mass is 372 g/mol. The Kier molecular flexibility index (Phi) is 7.25. The second-order valence-electron chi connectivity index (χ2n) is 7.86. The van der Waals surface area contributed by atoms with E-state index in [1.807, 2.05) is 6.92 Å². The van der Waals surface area contributed by atoms with E-state index in [1.54, 1.807) is 18.2 Å². The molecule has 0 aliphatic carbocycles. The third-order valence-corrected chi connectivity index (χ3v) is 5.17. The van der Waals surface area contributed by atoms with Gasteiger partial charge in [-0.1, -0.05) is 23.3 Å². The summed E-state index contributed by atoms with van der Waals surface area (Å²) in [6, 6.07) is 5.25. The summed E-state index contributed by atoms with van der Waals surface area (Å²) in [4.78, 5) is 11.7. The third-order valence-electron chi connectivity index (χ3n) is 5.17. The second-order valence-corrected chi connectivity index (χ2v) is 7.86. The maximum absolute atomic E-state index is 11.7. The number of benzene rings is 1. The molecule has 148 valence electrons. The summed E-state index contributed by atoms with van der Waals surface area (Å²) in [5.41, 5.74) is 3.41. The number of carbonyl (C=O) groups excluding carboxylic acids is 1. The summed E-state index contributed by atoms with van der Waals surface area (Å²) in [6.07, 6.45) is 8.09. The van der Waals surface area contributed by atoms with Crippen molar-refractivity contribution in [1.82, 2.24) is 0 Å². The van der Waals surface area contributed by atoms with E-state index in [2.05, 4.69) is 32.9 Å². The van der Waals surface area contributed by atoms with Crippen LogP contribution in [0.5, 0.6) is 5.75 Å². The van der Waals surface area contributed by atoms with Gasteiger partial charge in [0, 0.05) is 6.42 Å². The minimum absolute atomic E-state index is 0.380. The maximum atomic E-state index is 11.7. The standard InChI is InChI=1S/C23H32O4/c1-16(2)8-6-9-17(3)10-7-13-23(4)21(24)15-19-14-18(22(25)26-5)11-12-20(19)27-23/h8,10-12,14,21,24H,6-7,9,13,15H2,1-5H3/b17-10+/t21-,23-/m1/s1. The number of hydrogen-bond donors (Lipinski definition) is 1. The molecule has 1 heterocycles. The molecule has 2 rings (SSSR count). The molecule has 0 fully saturated rings. The summed E-state index contributed by atoms with van der Waals surface area (Å²) in [5.74, 6) is 0.356. The van der Waals surface area contributed by atoms with Crippen LogP contribution in [0.3, 0.4) is 0 Å². The fourth-order valence-corrected chi connectivity index (χ4v) is 3.34. The zero-order valence-electron chi connectivity index (χ0n) is 17.2. The van der Waals surface area contributed by atoms with Crippen molar-refractivity contribution in [2.75, 3.05) is 7.11 Å². The zero-order chi connectivity index (χ0) is 20.0. The summed E-state index contributed by atoms with van der Waals surface area (Å²) >= 11 is 0. The zero-order valence-corrected chi connectivity index (χ0v) is 17.2. The average Bonchev–Trinajstić information content (AvgIpc) is 2.61. The van der Waals surface area contributed by atoms with Gasteiger partial charge in [-0.25, -0.2) is 4.79 Å². The Hall–Kier alpha value is -2.07. The third kappa shape index (κ3) is 5.70. The van der Waals surface area contributed by atoms with Crippen molar-refractivity contribution >= 4 is 5.97 Å². The topological polar surface area (TPSA) is 55.8 Å². The summed E-state index contributed by atoms with van der Waals surface area (Å²) < 4.78 is 10.9. The van der Waals surface area contributed by atoms with Crippen molar-refractivity contribution in [1.29, 1.82) is 0 Å². The molecule has 0 amide bonds. The first-order chi connectivity index (χ1) is 12.7. The van der Waals surface area contributed by atoms with Crippen LogP contribution in [0.25, 0.3) is 0 Å². The smallest absolute Gasteiger partial charge is 0.337 e. The number of aliphatic hydroxyl groups is 1. The number of esters is 1. The van der Waals surface area contributed by atoms with Gasteiger partial charge >= 0.3 is 5.97 Å². The van der Waals surface area contributed by atoms with Crippen LogP contribution < -0.4 is 4.74 Å². The fourth-order valence-electron chi connectivity index (χ4n) is 3.34. The number of carbonyl (C=O) groups is 1. The molecule has 0 unspecified atom stereocenters. The van der Waals surface area contributed by atoms with E-state index in [1.165, 1.54) is 18.3 Å². The van der Waals surface area contributed by atoms with Crippen LogP contribution in [0.2, 0.25) is 0 Å². The molecule has 0 aromatic heterocycles. The Morgan fingerprint density at radius 3 is 2.70 bits per heavy atom. The predicted molar refractivity (Wildman–Crippen MR) is 108 cm³/mol. The van der Waals surface area contributed by atoms with Crippen LogP contribution >= 0.6 is 0 Å². The van der Waals surface area contributed by atoms with Crippen molar-refractivity contribution in [3.63, 3.8) is 0 Å². The fraction of sp³-hybridized carbons (Fsp3) is 0.522. The number of ether oxygens (including phenoxy) is 2. The number of methoxy groups -OCH3 is 1.